The van der Waals surface area contributed by atoms with E-state index in [1.807, 2.05) is 0 Å². The number of unbranched alkanes of at least 4 members (excludes halogenated alkanes) is 1. The molecule has 7 heteroatoms. The van der Waals surface area contributed by atoms with Gasteiger partial charge >= 0.3 is 5.97 Å². The van der Waals surface area contributed by atoms with Gasteiger partial charge in [-0.25, -0.2) is 14.5 Å². The number of carbonyl (C=O) groups excluding carboxylic acids is 1. The van der Waals surface area contributed by atoms with E-state index >= 15 is 0 Å². The summed E-state index contributed by atoms with van der Waals surface area (Å²) in [5, 5.41) is 13.4. The van der Waals surface area contributed by atoms with Crippen LogP contribution in [0.15, 0.2) is 24.3 Å². The zero-order chi connectivity index (χ0) is 16.1. The number of carboxylic acids is 1. The van der Waals surface area contributed by atoms with Crippen molar-refractivity contribution >= 4 is 11.9 Å². The normalized spacial score (nSPS) is 10.6. The van der Waals surface area contributed by atoms with Crippen LogP contribution in [0.2, 0.25) is 0 Å². The number of hydrogen-bond donors (Lipinski definition) is 2. The largest absolute Gasteiger partial charge is 0.478 e. The molecule has 0 saturated heterocycles. The van der Waals surface area contributed by atoms with Gasteiger partial charge in [0.15, 0.2) is 11.6 Å². The maximum absolute atomic E-state index is 11.1. The van der Waals surface area contributed by atoms with E-state index in [9.17, 15) is 9.59 Å². The van der Waals surface area contributed by atoms with E-state index in [1.165, 1.54) is 6.07 Å². The van der Waals surface area contributed by atoms with Crippen LogP contribution in [0.3, 0.4) is 0 Å². The summed E-state index contributed by atoms with van der Waals surface area (Å²) in [5.74, 6) is -0.607. The van der Waals surface area contributed by atoms with Crippen LogP contribution < -0.4 is 5.73 Å². The molecule has 0 aliphatic carbocycles. The van der Waals surface area contributed by atoms with Crippen LogP contribution in [0.1, 0.15) is 35.9 Å². The van der Waals surface area contributed by atoms with Crippen LogP contribution in [-0.2, 0) is 17.8 Å². The minimum Gasteiger partial charge on any atom is -0.478 e. The van der Waals surface area contributed by atoms with Crippen molar-refractivity contribution in [1.29, 1.82) is 0 Å². The lowest BCUT2D eigenvalue weighted by molar-refractivity contribution is -0.117. The molecule has 0 radical (unpaired) electrons. The molecule has 1 heterocycles. The van der Waals surface area contributed by atoms with Gasteiger partial charge in [-0.2, -0.15) is 5.10 Å². The van der Waals surface area contributed by atoms with Gasteiger partial charge in [0, 0.05) is 12.1 Å². The van der Waals surface area contributed by atoms with Crippen LogP contribution >= 0.6 is 0 Å². The molecule has 3 N–H and O–H groups in total. The number of carboxylic acid groups (broad SMARTS) is 1. The Morgan fingerprint density at radius 2 is 2.14 bits per heavy atom. The van der Waals surface area contributed by atoms with Gasteiger partial charge in [0.1, 0.15) is 0 Å². The van der Waals surface area contributed by atoms with Crippen LogP contribution in [-0.4, -0.2) is 31.7 Å². The highest BCUT2D eigenvalue weighted by Crippen LogP contribution is 2.20. The van der Waals surface area contributed by atoms with Crippen LogP contribution in [0.25, 0.3) is 11.4 Å². The number of aromatic nitrogens is 3. The molecule has 0 aliphatic rings. The molecule has 1 aromatic carbocycles. The van der Waals surface area contributed by atoms with Crippen LogP contribution in [0.5, 0.6) is 0 Å². The molecule has 22 heavy (non-hydrogen) atoms. The number of benzene rings is 1. The van der Waals surface area contributed by atoms with Gasteiger partial charge in [-0.05, 0) is 18.6 Å². The van der Waals surface area contributed by atoms with Crippen molar-refractivity contribution in [2.24, 2.45) is 5.73 Å². The summed E-state index contributed by atoms with van der Waals surface area (Å²) in [7, 11) is 0. The third kappa shape index (κ3) is 3.69. The van der Waals surface area contributed by atoms with Gasteiger partial charge in [-0.3, -0.25) is 4.79 Å². The molecular formula is C15H18N4O3. The number of primary amides is 1. The van der Waals surface area contributed by atoms with E-state index < -0.39 is 11.9 Å². The zero-order valence-corrected chi connectivity index (χ0v) is 12.3. The number of aromatic carboxylic acids is 1. The molecular weight excluding hydrogens is 284 g/mol. The van der Waals surface area contributed by atoms with Crippen molar-refractivity contribution < 1.29 is 14.7 Å². The highest BCUT2D eigenvalue weighted by Gasteiger charge is 2.14. The molecule has 0 spiro atoms. The van der Waals surface area contributed by atoms with Crippen molar-refractivity contribution in [2.45, 2.75) is 32.7 Å². The molecule has 0 aliphatic heterocycles. The molecule has 116 valence electrons. The van der Waals surface area contributed by atoms with Gasteiger partial charge < -0.3 is 10.8 Å². The average molecular weight is 302 g/mol. The number of nitrogens with zero attached hydrogens (tertiary/aromatic N) is 3. The van der Waals surface area contributed by atoms with Crippen molar-refractivity contribution in [2.75, 3.05) is 0 Å². The molecule has 1 amide bonds. The standard InChI is InChI=1S/C15H18N4O3/c1-2-3-7-19-14(17-13(18-19)9-12(16)20)10-5-4-6-11(8-10)15(21)22/h4-6,8H,2-3,7,9H2,1H3,(H2,16,20)(H,21,22). The van der Waals surface area contributed by atoms with E-state index in [0.29, 0.717) is 23.8 Å². The molecule has 0 saturated carbocycles. The van der Waals surface area contributed by atoms with Gasteiger partial charge in [0.05, 0.1) is 12.0 Å². The molecule has 0 fully saturated rings. The topological polar surface area (TPSA) is 111 Å². The Hall–Kier alpha value is -2.70. The Morgan fingerprint density at radius 1 is 1.36 bits per heavy atom. The molecule has 0 unspecified atom stereocenters. The van der Waals surface area contributed by atoms with Crippen LogP contribution in [0, 0.1) is 0 Å². The van der Waals surface area contributed by atoms with Crippen molar-refractivity contribution in [3.63, 3.8) is 0 Å². The monoisotopic (exact) mass is 302 g/mol. The Labute approximate surface area is 127 Å². The highest BCUT2D eigenvalue weighted by molar-refractivity contribution is 5.89. The van der Waals surface area contributed by atoms with Gasteiger partial charge in [0.25, 0.3) is 0 Å². The fourth-order valence-corrected chi connectivity index (χ4v) is 2.09. The first-order valence-corrected chi connectivity index (χ1v) is 7.07. The second kappa shape index (κ2) is 6.84. The Balaban J connectivity index is 2.42. The highest BCUT2D eigenvalue weighted by atomic mass is 16.4. The predicted octanol–water partition coefficient (Wildman–Crippen LogP) is 1.47. The first kappa shape index (κ1) is 15.7. The van der Waals surface area contributed by atoms with Gasteiger partial charge in [0.2, 0.25) is 5.91 Å². The SMILES string of the molecule is CCCCn1nc(CC(N)=O)nc1-c1cccc(C(=O)O)c1. The molecule has 0 atom stereocenters. The average Bonchev–Trinajstić information content (AvgIpc) is 2.87. The molecule has 2 rings (SSSR count). The number of rotatable bonds is 7. The second-order valence-electron chi connectivity index (χ2n) is 4.96. The summed E-state index contributed by atoms with van der Waals surface area (Å²) < 4.78 is 1.70. The van der Waals surface area contributed by atoms with Gasteiger partial charge in [-0.1, -0.05) is 25.5 Å². The van der Waals surface area contributed by atoms with E-state index in [-0.39, 0.29) is 12.0 Å². The smallest absolute Gasteiger partial charge is 0.335 e. The fraction of sp³-hybridized carbons (Fsp3) is 0.333. The van der Waals surface area contributed by atoms with Gasteiger partial charge in [-0.15, -0.1) is 0 Å². The molecule has 2 aromatic rings. The Kier molecular flexibility index (Phi) is 4.88. The maximum Gasteiger partial charge on any atom is 0.335 e. The predicted molar refractivity (Wildman–Crippen MR) is 80.2 cm³/mol. The summed E-state index contributed by atoms with van der Waals surface area (Å²) in [4.78, 5) is 26.5. The first-order chi connectivity index (χ1) is 10.5. The third-order valence-corrected chi connectivity index (χ3v) is 3.14. The summed E-state index contributed by atoms with van der Waals surface area (Å²) in [6, 6.07) is 6.49. The summed E-state index contributed by atoms with van der Waals surface area (Å²) in [6.45, 7) is 2.71. The molecule has 0 bridgehead atoms. The van der Waals surface area contributed by atoms with Crippen molar-refractivity contribution in [1.82, 2.24) is 14.8 Å². The Bertz CT molecular complexity index is 694. The van der Waals surface area contributed by atoms with Crippen LogP contribution in [0.4, 0.5) is 0 Å². The number of nitrogens with two attached hydrogens (primary N) is 1. The summed E-state index contributed by atoms with van der Waals surface area (Å²) in [5.41, 5.74) is 6.01. The molecule has 7 nitrogen and oxygen atoms in total. The fourth-order valence-electron chi connectivity index (χ4n) is 2.09. The van der Waals surface area contributed by atoms with E-state index in [2.05, 4.69) is 17.0 Å². The summed E-state index contributed by atoms with van der Waals surface area (Å²) >= 11 is 0. The summed E-state index contributed by atoms with van der Waals surface area (Å²) in [6.07, 6.45) is 1.86. The quantitative estimate of drug-likeness (QED) is 0.804. The number of amides is 1. The number of carbonyl (C=O) groups is 2. The zero-order valence-electron chi connectivity index (χ0n) is 12.3. The maximum atomic E-state index is 11.1. The van der Waals surface area contributed by atoms with Crippen molar-refractivity contribution in [3.8, 4) is 11.4 Å². The van der Waals surface area contributed by atoms with E-state index in [1.54, 1.807) is 22.9 Å². The number of aryl methyl sites for hydroxylation is 1. The minimum atomic E-state index is -1.00. The first-order valence-electron chi connectivity index (χ1n) is 7.07. The lowest BCUT2D eigenvalue weighted by atomic mass is 10.1. The molecule has 1 aromatic heterocycles. The number of hydrogen-bond acceptors (Lipinski definition) is 4. The lowest BCUT2D eigenvalue weighted by Crippen LogP contribution is -2.14. The van der Waals surface area contributed by atoms with E-state index in [0.717, 1.165) is 12.8 Å². The lowest BCUT2D eigenvalue weighted by Gasteiger charge is -2.05. The minimum absolute atomic E-state index is 0.0370. The Morgan fingerprint density at radius 3 is 2.77 bits per heavy atom. The second-order valence-corrected chi connectivity index (χ2v) is 4.96. The van der Waals surface area contributed by atoms with Crippen molar-refractivity contribution in [3.05, 3.63) is 35.7 Å². The van der Waals surface area contributed by atoms with E-state index in [4.69, 9.17) is 10.8 Å². The third-order valence-electron chi connectivity index (χ3n) is 3.14.